The molecule has 5 aromatic rings. The number of rotatable bonds is 4. The topological polar surface area (TPSA) is 85.3 Å². The number of oxazole rings is 1. The van der Waals surface area contributed by atoms with Crippen LogP contribution in [0.4, 0.5) is 8.78 Å². The molecular formula is C21H13F2N5O2. The molecule has 0 aliphatic rings. The second-order valence-corrected chi connectivity index (χ2v) is 6.61. The van der Waals surface area contributed by atoms with Crippen LogP contribution in [0.25, 0.3) is 28.3 Å². The van der Waals surface area contributed by atoms with Gasteiger partial charge in [-0.25, -0.2) is 23.7 Å². The van der Waals surface area contributed by atoms with E-state index in [0.29, 0.717) is 23.4 Å². The first-order valence-corrected chi connectivity index (χ1v) is 8.99. The van der Waals surface area contributed by atoms with Gasteiger partial charge in [0.1, 0.15) is 5.52 Å². The molecule has 30 heavy (non-hydrogen) atoms. The zero-order valence-corrected chi connectivity index (χ0v) is 15.3. The zero-order chi connectivity index (χ0) is 20.7. The predicted molar refractivity (Wildman–Crippen MR) is 104 cm³/mol. The molecule has 0 saturated carbocycles. The van der Waals surface area contributed by atoms with Crippen LogP contribution in [0.5, 0.6) is 0 Å². The molecule has 0 bridgehead atoms. The Labute approximate surface area is 168 Å². The van der Waals surface area contributed by atoms with Crippen LogP contribution in [0.15, 0.2) is 65.6 Å². The number of fused-ring (bicyclic) bond motifs is 2. The molecule has 3 heterocycles. The van der Waals surface area contributed by atoms with Crippen LogP contribution in [0, 0.1) is 11.6 Å². The molecule has 3 aromatic heterocycles. The highest BCUT2D eigenvalue weighted by molar-refractivity contribution is 5.93. The zero-order valence-electron chi connectivity index (χ0n) is 15.3. The fourth-order valence-corrected chi connectivity index (χ4v) is 3.03. The van der Waals surface area contributed by atoms with Crippen molar-refractivity contribution in [1.82, 2.24) is 24.7 Å². The Kier molecular flexibility index (Phi) is 4.20. The number of nitrogens with zero attached hydrogens (tertiary/aromatic N) is 4. The Bertz CT molecular complexity index is 1350. The molecule has 9 heteroatoms. The summed E-state index contributed by atoms with van der Waals surface area (Å²) in [4.78, 5) is 24.7. The van der Waals surface area contributed by atoms with E-state index in [4.69, 9.17) is 4.42 Å². The van der Waals surface area contributed by atoms with E-state index in [2.05, 4.69) is 20.3 Å². The number of halogens is 2. The molecule has 5 rings (SSSR count). The number of nitrogens with one attached hydrogen (secondary N) is 1. The molecule has 1 N–H and O–H groups in total. The molecule has 0 aliphatic carbocycles. The van der Waals surface area contributed by atoms with Crippen LogP contribution in [-0.4, -0.2) is 25.3 Å². The van der Waals surface area contributed by atoms with Crippen molar-refractivity contribution in [1.29, 1.82) is 0 Å². The summed E-state index contributed by atoms with van der Waals surface area (Å²) >= 11 is 0. The Morgan fingerprint density at radius 2 is 1.90 bits per heavy atom. The van der Waals surface area contributed by atoms with Crippen molar-refractivity contribution in [2.75, 3.05) is 0 Å². The van der Waals surface area contributed by atoms with E-state index in [1.54, 1.807) is 35.1 Å². The molecule has 0 saturated heterocycles. The molecule has 0 radical (unpaired) electrons. The van der Waals surface area contributed by atoms with Crippen molar-refractivity contribution < 1.29 is 18.0 Å². The Balaban J connectivity index is 1.29. The van der Waals surface area contributed by atoms with Crippen LogP contribution < -0.4 is 5.32 Å². The maximum Gasteiger partial charge on any atom is 0.254 e. The largest absolute Gasteiger partial charge is 0.436 e. The second kappa shape index (κ2) is 7.03. The van der Waals surface area contributed by atoms with Gasteiger partial charge >= 0.3 is 0 Å². The maximum absolute atomic E-state index is 13.3. The van der Waals surface area contributed by atoms with Gasteiger partial charge in [0, 0.05) is 49.0 Å². The van der Waals surface area contributed by atoms with Crippen LogP contribution in [0.1, 0.15) is 15.9 Å². The third-order valence-corrected chi connectivity index (χ3v) is 4.59. The van der Waals surface area contributed by atoms with Crippen LogP contribution in [0.3, 0.4) is 0 Å². The van der Waals surface area contributed by atoms with Crippen molar-refractivity contribution in [3.05, 3.63) is 83.9 Å². The molecule has 2 aromatic carbocycles. The minimum Gasteiger partial charge on any atom is -0.436 e. The van der Waals surface area contributed by atoms with Gasteiger partial charge in [0.05, 0.1) is 5.56 Å². The smallest absolute Gasteiger partial charge is 0.254 e. The first-order valence-electron chi connectivity index (χ1n) is 8.99. The quantitative estimate of drug-likeness (QED) is 0.492. The summed E-state index contributed by atoms with van der Waals surface area (Å²) in [6, 6.07) is 9.11. The van der Waals surface area contributed by atoms with Gasteiger partial charge in [0.2, 0.25) is 11.7 Å². The lowest BCUT2D eigenvalue weighted by Crippen LogP contribution is -2.23. The summed E-state index contributed by atoms with van der Waals surface area (Å²) in [5.74, 6) is -1.45. The molecule has 0 fully saturated rings. The van der Waals surface area contributed by atoms with Crippen molar-refractivity contribution in [2.24, 2.45) is 0 Å². The Hall–Kier alpha value is -4.14. The van der Waals surface area contributed by atoms with Crippen molar-refractivity contribution in [3.63, 3.8) is 0 Å². The third-order valence-electron chi connectivity index (χ3n) is 4.59. The number of hydrogen-bond acceptors (Lipinski definition) is 5. The van der Waals surface area contributed by atoms with E-state index < -0.39 is 11.6 Å². The van der Waals surface area contributed by atoms with Gasteiger partial charge in [0.15, 0.2) is 17.2 Å². The van der Waals surface area contributed by atoms with E-state index >= 15 is 0 Å². The van der Waals surface area contributed by atoms with Gasteiger partial charge < -0.3 is 9.73 Å². The third kappa shape index (κ3) is 3.26. The summed E-state index contributed by atoms with van der Waals surface area (Å²) in [6.45, 7) is 0.311. The van der Waals surface area contributed by atoms with E-state index in [9.17, 15) is 13.6 Å². The number of hydrogen-bond donors (Lipinski definition) is 1. The first-order chi connectivity index (χ1) is 14.6. The molecule has 148 valence electrons. The lowest BCUT2D eigenvalue weighted by Gasteiger charge is -2.06. The molecule has 0 atom stereocenters. The summed E-state index contributed by atoms with van der Waals surface area (Å²) in [6.07, 6.45) is 6.45. The molecular weight excluding hydrogens is 392 g/mol. The predicted octanol–water partition coefficient (Wildman–Crippen LogP) is 3.75. The molecule has 0 unspecified atom stereocenters. The van der Waals surface area contributed by atoms with E-state index in [1.807, 2.05) is 12.1 Å². The number of imidazole rings is 1. The molecule has 0 spiro atoms. The Morgan fingerprint density at radius 1 is 1.10 bits per heavy atom. The highest BCUT2D eigenvalue weighted by atomic mass is 19.2. The van der Waals surface area contributed by atoms with Crippen LogP contribution >= 0.6 is 0 Å². The lowest BCUT2D eigenvalue weighted by molar-refractivity contribution is 0.0950. The van der Waals surface area contributed by atoms with Gasteiger partial charge in [-0.15, -0.1) is 0 Å². The SMILES string of the molecule is O=C(NCc1ccc(-c2nc3cc(F)c(F)cc3o2)cc1)c1cnc2nccn2c1. The van der Waals surface area contributed by atoms with Gasteiger partial charge in [-0.1, -0.05) is 12.1 Å². The number of carbonyl (C=O) groups is 1. The fourth-order valence-electron chi connectivity index (χ4n) is 3.03. The van der Waals surface area contributed by atoms with E-state index in [0.717, 1.165) is 17.7 Å². The van der Waals surface area contributed by atoms with Crippen molar-refractivity contribution >= 4 is 22.8 Å². The number of benzene rings is 2. The summed E-state index contributed by atoms with van der Waals surface area (Å²) in [5.41, 5.74) is 2.34. The van der Waals surface area contributed by atoms with Crippen molar-refractivity contribution in [2.45, 2.75) is 6.54 Å². The number of carbonyl (C=O) groups excluding carboxylic acids is 1. The summed E-state index contributed by atoms with van der Waals surface area (Å²) in [5, 5.41) is 2.83. The van der Waals surface area contributed by atoms with Crippen LogP contribution in [-0.2, 0) is 6.54 Å². The van der Waals surface area contributed by atoms with Gasteiger partial charge in [-0.3, -0.25) is 9.20 Å². The fraction of sp³-hybridized carbons (Fsp3) is 0.0476. The standard InChI is InChI=1S/C21H13F2N5O2/c22-15-7-17-18(8-16(15)23)30-20(27-17)13-3-1-12(2-4-13)9-25-19(29)14-10-26-21-24-5-6-28(21)11-14/h1-8,10-11H,9H2,(H,25,29). The minimum absolute atomic E-state index is 0.170. The average molecular weight is 405 g/mol. The highest BCUT2D eigenvalue weighted by Gasteiger charge is 2.13. The normalized spacial score (nSPS) is 11.3. The van der Waals surface area contributed by atoms with Crippen LogP contribution in [0.2, 0.25) is 0 Å². The summed E-state index contributed by atoms with van der Waals surface area (Å²) < 4.78 is 33.9. The Morgan fingerprint density at radius 3 is 2.73 bits per heavy atom. The molecule has 7 nitrogen and oxygen atoms in total. The molecule has 1 amide bonds. The first kappa shape index (κ1) is 17.9. The van der Waals surface area contributed by atoms with Crippen molar-refractivity contribution in [3.8, 4) is 11.5 Å². The number of amides is 1. The average Bonchev–Trinajstić information content (AvgIpc) is 3.39. The van der Waals surface area contributed by atoms with Gasteiger partial charge in [0.25, 0.3) is 5.91 Å². The number of aromatic nitrogens is 4. The monoisotopic (exact) mass is 405 g/mol. The minimum atomic E-state index is -0.987. The van der Waals surface area contributed by atoms with Gasteiger partial charge in [-0.05, 0) is 17.7 Å². The maximum atomic E-state index is 13.3. The van der Waals surface area contributed by atoms with Gasteiger partial charge in [-0.2, -0.15) is 0 Å². The summed E-state index contributed by atoms with van der Waals surface area (Å²) in [7, 11) is 0. The highest BCUT2D eigenvalue weighted by Crippen LogP contribution is 2.26. The van der Waals surface area contributed by atoms with E-state index in [-0.39, 0.29) is 22.9 Å². The van der Waals surface area contributed by atoms with E-state index in [1.165, 1.54) is 6.20 Å². The molecule has 0 aliphatic heterocycles. The lowest BCUT2D eigenvalue weighted by atomic mass is 10.1. The second-order valence-electron chi connectivity index (χ2n) is 6.61.